The smallest absolute Gasteiger partial charge is 0.333 e. The molecule has 2 atom stereocenters. The average Bonchev–Trinajstić information content (AvgIpc) is 2.48. The first-order valence-corrected chi connectivity index (χ1v) is 5.40. The van der Waals surface area contributed by atoms with Crippen molar-refractivity contribution in [3.63, 3.8) is 0 Å². The van der Waals surface area contributed by atoms with Crippen molar-refractivity contribution in [1.29, 1.82) is 0 Å². The highest BCUT2D eigenvalue weighted by Crippen LogP contribution is 2.41. The second-order valence-corrected chi connectivity index (χ2v) is 4.38. The van der Waals surface area contributed by atoms with Gasteiger partial charge in [-0.05, 0) is 38.5 Å². The normalized spacial score (nSPS) is 31.5. The van der Waals surface area contributed by atoms with Gasteiger partial charge in [0.2, 0.25) is 0 Å². The summed E-state index contributed by atoms with van der Waals surface area (Å²) >= 11 is 0. The van der Waals surface area contributed by atoms with Gasteiger partial charge in [-0.2, -0.15) is 0 Å². The molecule has 2 heteroatoms. The van der Waals surface area contributed by atoms with Crippen LogP contribution in [0.2, 0.25) is 0 Å². The van der Waals surface area contributed by atoms with Crippen LogP contribution in [0.4, 0.5) is 0 Å². The maximum Gasteiger partial charge on any atom is 0.333 e. The van der Waals surface area contributed by atoms with Gasteiger partial charge in [0.25, 0.3) is 0 Å². The number of carbonyl (C=O) groups excluding carboxylic acids is 1. The lowest BCUT2D eigenvalue weighted by molar-refractivity contribution is -0.158. The van der Waals surface area contributed by atoms with Gasteiger partial charge in [-0.3, -0.25) is 0 Å². The Morgan fingerprint density at radius 2 is 2.29 bits per heavy atom. The number of hydrogen-bond donors (Lipinski definition) is 0. The van der Waals surface area contributed by atoms with Crippen LogP contribution in [-0.4, -0.2) is 11.6 Å². The SMILES string of the molecule is C=C(C)C(=O)OC1(CC)CCCC1C. The monoisotopic (exact) mass is 196 g/mol. The van der Waals surface area contributed by atoms with Crippen LogP contribution in [0.25, 0.3) is 0 Å². The lowest BCUT2D eigenvalue weighted by Crippen LogP contribution is -2.37. The lowest BCUT2D eigenvalue weighted by atomic mass is 9.89. The fourth-order valence-electron chi connectivity index (χ4n) is 2.24. The van der Waals surface area contributed by atoms with Crippen molar-refractivity contribution in [2.75, 3.05) is 0 Å². The first-order chi connectivity index (χ1) is 6.52. The molecule has 80 valence electrons. The quantitative estimate of drug-likeness (QED) is 0.512. The van der Waals surface area contributed by atoms with E-state index in [9.17, 15) is 4.79 Å². The van der Waals surface area contributed by atoms with E-state index >= 15 is 0 Å². The van der Waals surface area contributed by atoms with Crippen molar-refractivity contribution >= 4 is 5.97 Å². The Morgan fingerprint density at radius 1 is 1.64 bits per heavy atom. The van der Waals surface area contributed by atoms with Crippen molar-refractivity contribution in [2.45, 2.75) is 52.1 Å². The van der Waals surface area contributed by atoms with Crippen LogP contribution in [0.1, 0.15) is 46.5 Å². The molecule has 0 aromatic rings. The third-order valence-corrected chi connectivity index (χ3v) is 3.38. The zero-order valence-electron chi connectivity index (χ0n) is 9.43. The van der Waals surface area contributed by atoms with Crippen molar-refractivity contribution in [3.05, 3.63) is 12.2 Å². The molecule has 1 aliphatic carbocycles. The Labute approximate surface area is 86.3 Å². The molecule has 1 fully saturated rings. The van der Waals surface area contributed by atoms with E-state index in [2.05, 4.69) is 20.4 Å². The summed E-state index contributed by atoms with van der Waals surface area (Å²) < 4.78 is 5.58. The summed E-state index contributed by atoms with van der Waals surface area (Å²) in [6.07, 6.45) is 4.24. The maximum absolute atomic E-state index is 11.5. The van der Waals surface area contributed by atoms with Crippen LogP contribution in [0, 0.1) is 5.92 Å². The van der Waals surface area contributed by atoms with Gasteiger partial charge in [-0.25, -0.2) is 4.79 Å². The Bertz CT molecular complexity index is 245. The molecule has 0 spiro atoms. The molecule has 1 aliphatic rings. The minimum absolute atomic E-state index is 0.212. The summed E-state index contributed by atoms with van der Waals surface area (Å²) in [5.74, 6) is 0.247. The van der Waals surface area contributed by atoms with Crippen molar-refractivity contribution in [3.8, 4) is 0 Å². The van der Waals surface area contributed by atoms with E-state index in [0.717, 1.165) is 19.3 Å². The van der Waals surface area contributed by atoms with Crippen LogP contribution in [0.15, 0.2) is 12.2 Å². The Hall–Kier alpha value is -0.790. The molecule has 1 saturated carbocycles. The molecule has 14 heavy (non-hydrogen) atoms. The fourth-order valence-corrected chi connectivity index (χ4v) is 2.24. The fraction of sp³-hybridized carbons (Fsp3) is 0.750. The van der Waals surface area contributed by atoms with Crippen LogP contribution in [0.5, 0.6) is 0 Å². The molecule has 0 saturated heterocycles. The van der Waals surface area contributed by atoms with E-state index in [-0.39, 0.29) is 11.6 Å². The molecular formula is C12H20O2. The lowest BCUT2D eigenvalue weighted by Gasteiger charge is -2.32. The molecule has 1 rings (SSSR count). The minimum Gasteiger partial charge on any atom is -0.455 e. The zero-order chi connectivity index (χ0) is 10.8. The van der Waals surface area contributed by atoms with E-state index in [1.807, 2.05) is 0 Å². The third-order valence-electron chi connectivity index (χ3n) is 3.38. The third kappa shape index (κ3) is 1.99. The number of hydrogen-bond acceptors (Lipinski definition) is 2. The second-order valence-electron chi connectivity index (χ2n) is 4.38. The van der Waals surface area contributed by atoms with Crippen LogP contribution < -0.4 is 0 Å². The number of ether oxygens (including phenoxy) is 1. The van der Waals surface area contributed by atoms with Gasteiger partial charge >= 0.3 is 5.97 Å². The van der Waals surface area contributed by atoms with Gasteiger partial charge in [0.15, 0.2) is 0 Å². The van der Waals surface area contributed by atoms with Gasteiger partial charge < -0.3 is 4.74 Å². The van der Waals surface area contributed by atoms with Crippen LogP contribution in [-0.2, 0) is 9.53 Å². The highest BCUT2D eigenvalue weighted by Gasteiger charge is 2.42. The first kappa shape index (κ1) is 11.3. The average molecular weight is 196 g/mol. The summed E-state index contributed by atoms with van der Waals surface area (Å²) in [5, 5.41) is 0. The molecule has 0 N–H and O–H groups in total. The minimum atomic E-state index is -0.236. The van der Waals surface area contributed by atoms with E-state index in [4.69, 9.17) is 4.74 Å². The Balaban J connectivity index is 2.71. The first-order valence-electron chi connectivity index (χ1n) is 5.40. The molecular weight excluding hydrogens is 176 g/mol. The van der Waals surface area contributed by atoms with Crippen molar-refractivity contribution < 1.29 is 9.53 Å². The topological polar surface area (TPSA) is 26.3 Å². The van der Waals surface area contributed by atoms with Crippen LogP contribution in [0.3, 0.4) is 0 Å². The second kappa shape index (κ2) is 4.16. The molecule has 0 aliphatic heterocycles. The highest BCUT2D eigenvalue weighted by molar-refractivity contribution is 5.87. The molecule has 0 radical (unpaired) electrons. The zero-order valence-corrected chi connectivity index (χ0v) is 9.43. The van der Waals surface area contributed by atoms with Gasteiger partial charge in [0.05, 0.1) is 0 Å². The maximum atomic E-state index is 11.5. The number of esters is 1. The molecule has 0 heterocycles. The predicted molar refractivity (Wildman–Crippen MR) is 56.9 cm³/mol. The number of carbonyl (C=O) groups is 1. The summed E-state index contributed by atoms with van der Waals surface area (Å²) in [6.45, 7) is 9.57. The standard InChI is InChI=1S/C12H20O2/c1-5-12(8-6-7-10(12)4)14-11(13)9(2)3/h10H,2,5-8H2,1,3-4H3. The number of rotatable bonds is 3. The van der Waals surface area contributed by atoms with E-state index in [1.165, 1.54) is 6.42 Å². The van der Waals surface area contributed by atoms with Gasteiger partial charge in [-0.15, -0.1) is 0 Å². The summed E-state index contributed by atoms with van der Waals surface area (Å²) in [7, 11) is 0. The summed E-state index contributed by atoms with van der Waals surface area (Å²) in [6, 6.07) is 0. The molecule has 0 bridgehead atoms. The largest absolute Gasteiger partial charge is 0.455 e. The van der Waals surface area contributed by atoms with Crippen LogP contribution >= 0.6 is 0 Å². The summed E-state index contributed by atoms with van der Waals surface area (Å²) in [5.41, 5.74) is 0.285. The molecule has 2 unspecified atom stereocenters. The predicted octanol–water partition coefficient (Wildman–Crippen LogP) is 3.07. The van der Waals surface area contributed by atoms with Crippen molar-refractivity contribution in [1.82, 2.24) is 0 Å². The molecule has 0 aromatic carbocycles. The van der Waals surface area contributed by atoms with E-state index < -0.39 is 0 Å². The molecule has 0 aromatic heterocycles. The van der Waals surface area contributed by atoms with Crippen molar-refractivity contribution in [2.24, 2.45) is 5.92 Å². The van der Waals surface area contributed by atoms with Gasteiger partial charge in [-0.1, -0.05) is 20.4 Å². The van der Waals surface area contributed by atoms with Gasteiger partial charge in [0, 0.05) is 5.57 Å². The van der Waals surface area contributed by atoms with E-state index in [0.29, 0.717) is 11.5 Å². The molecule has 2 nitrogen and oxygen atoms in total. The van der Waals surface area contributed by atoms with E-state index in [1.54, 1.807) is 6.92 Å². The van der Waals surface area contributed by atoms with Gasteiger partial charge in [0.1, 0.15) is 5.60 Å². The highest BCUT2D eigenvalue weighted by atomic mass is 16.6. The summed E-state index contributed by atoms with van der Waals surface area (Å²) in [4.78, 5) is 11.5. The Morgan fingerprint density at radius 3 is 2.64 bits per heavy atom. The Kier molecular flexibility index (Phi) is 3.35. The molecule has 0 amide bonds.